The molecule has 0 atom stereocenters. The molecule has 0 aliphatic carbocycles. The van der Waals surface area contributed by atoms with E-state index in [1.54, 1.807) is 66.9 Å². The van der Waals surface area contributed by atoms with Gasteiger partial charge >= 0.3 is 0 Å². The van der Waals surface area contributed by atoms with Gasteiger partial charge in [-0.1, -0.05) is 91.2 Å². The molecule has 0 saturated heterocycles. The number of para-hydroxylation sites is 2. The van der Waals surface area contributed by atoms with Crippen molar-refractivity contribution >= 4 is 60.9 Å². The fraction of sp³-hybridized carbons (Fsp3) is 0. The first-order valence-corrected chi connectivity index (χ1v) is 13.7. The summed E-state index contributed by atoms with van der Waals surface area (Å²) in [5, 5.41) is 13.2. The van der Waals surface area contributed by atoms with Crippen LogP contribution >= 0.6 is 11.8 Å². The van der Waals surface area contributed by atoms with Gasteiger partial charge in [-0.05, 0) is 29.8 Å². The van der Waals surface area contributed by atoms with Crippen LogP contribution in [-0.4, -0.2) is 18.5 Å². The minimum Gasteiger partial charge on any atom is -0.506 e. The number of nitrogens with zero attached hydrogens (tertiary/aromatic N) is 1. The predicted octanol–water partition coefficient (Wildman–Crippen LogP) is 6.83. The highest BCUT2D eigenvalue weighted by Gasteiger charge is 2.22. The molecule has 0 radical (unpaired) electrons. The number of nitrogen functional groups attached to an aromatic ring is 1. The van der Waals surface area contributed by atoms with Gasteiger partial charge < -0.3 is 10.8 Å². The van der Waals surface area contributed by atoms with Crippen molar-refractivity contribution in [1.29, 1.82) is 0 Å². The lowest BCUT2D eigenvalue weighted by Gasteiger charge is -2.16. The molecule has 6 nitrogen and oxygen atoms in total. The van der Waals surface area contributed by atoms with Crippen LogP contribution in [0.15, 0.2) is 118 Å². The smallest absolute Gasteiger partial charge is 0.263 e. The van der Waals surface area contributed by atoms with E-state index in [9.17, 15) is 13.5 Å². The van der Waals surface area contributed by atoms with Crippen molar-refractivity contribution in [3.05, 3.63) is 109 Å². The number of phenols is 1. The van der Waals surface area contributed by atoms with Gasteiger partial charge in [-0.25, -0.2) is 8.42 Å². The summed E-state index contributed by atoms with van der Waals surface area (Å²) in [4.78, 5) is 5.78. The Labute approximate surface area is 219 Å². The largest absolute Gasteiger partial charge is 0.506 e. The Morgan fingerprint density at radius 2 is 1.70 bits per heavy atom. The molecule has 8 heteroatoms. The van der Waals surface area contributed by atoms with E-state index in [2.05, 4.69) is 16.3 Å². The van der Waals surface area contributed by atoms with Crippen molar-refractivity contribution in [1.82, 2.24) is 4.98 Å². The Kier molecular flexibility index (Phi) is 6.60. The quantitative estimate of drug-likeness (QED) is 0.122. The van der Waals surface area contributed by atoms with E-state index in [0.29, 0.717) is 26.9 Å². The first-order chi connectivity index (χ1) is 17.9. The molecule has 0 saturated carbocycles. The number of nitrogens with one attached hydrogen (secondary N) is 1. The summed E-state index contributed by atoms with van der Waals surface area (Å²) in [7, 11) is -4.06. The number of phenolic OH excluding ortho intramolecular Hbond substituents is 1. The second-order valence-corrected chi connectivity index (χ2v) is 10.9. The zero-order chi connectivity index (χ0) is 26.0. The molecule has 184 valence electrons. The van der Waals surface area contributed by atoms with Gasteiger partial charge in [0, 0.05) is 27.3 Å². The number of aromatic nitrogens is 1. The van der Waals surface area contributed by atoms with E-state index in [0.717, 1.165) is 15.8 Å². The maximum absolute atomic E-state index is 13.5. The fourth-order valence-electron chi connectivity index (χ4n) is 4.09. The lowest BCUT2D eigenvalue weighted by molar-refractivity contribution is 0.469. The van der Waals surface area contributed by atoms with Gasteiger partial charge in [-0.2, -0.15) is 0 Å². The Hall–Kier alpha value is -4.27. The highest BCUT2D eigenvalue weighted by Crippen LogP contribution is 2.44. The third-order valence-corrected chi connectivity index (χ3v) is 8.35. The van der Waals surface area contributed by atoms with Gasteiger partial charge in [0.25, 0.3) is 10.0 Å². The SMILES string of the molecule is C=C/C=C\c1cccc(S(=O)(=O)Nc2cc(Sc3cccc4cccnc34)c(O)c3ccccc23)c1N. The summed E-state index contributed by atoms with van der Waals surface area (Å²) in [5.74, 6) is 0.0626. The number of nitrogens with two attached hydrogens (primary N) is 1. The van der Waals surface area contributed by atoms with E-state index in [1.165, 1.54) is 17.8 Å². The number of aromatic hydroxyl groups is 1. The van der Waals surface area contributed by atoms with Crippen molar-refractivity contribution < 1.29 is 13.5 Å². The normalized spacial score (nSPS) is 11.8. The number of rotatable bonds is 7. The zero-order valence-electron chi connectivity index (χ0n) is 19.6. The number of benzene rings is 4. The third kappa shape index (κ3) is 4.76. The van der Waals surface area contributed by atoms with Crippen LogP contribution in [0.2, 0.25) is 0 Å². The average molecular weight is 526 g/mol. The average Bonchev–Trinajstić information content (AvgIpc) is 2.90. The van der Waals surface area contributed by atoms with E-state index < -0.39 is 10.0 Å². The lowest BCUT2D eigenvalue weighted by Crippen LogP contribution is -2.15. The molecular formula is C29H23N3O3S2. The monoisotopic (exact) mass is 525 g/mol. The van der Waals surface area contributed by atoms with Crippen LogP contribution in [0.1, 0.15) is 5.56 Å². The van der Waals surface area contributed by atoms with Crippen LogP contribution in [0, 0.1) is 0 Å². The van der Waals surface area contributed by atoms with Crippen LogP contribution in [-0.2, 0) is 10.0 Å². The zero-order valence-corrected chi connectivity index (χ0v) is 21.3. The molecular weight excluding hydrogens is 502 g/mol. The second-order valence-electron chi connectivity index (χ2n) is 8.21. The van der Waals surface area contributed by atoms with Crippen LogP contribution in [0.3, 0.4) is 0 Å². The van der Waals surface area contributed by atoms with Crippen LogP contribution in [0.5, 0.6) is 5.75 Å². The highest BCUT2D eigenvalue weighted by atomic mass is 32.2. The number of hydrogen-bond donors (Lipinski definition) is 3. The number of pyridine rings is 1. The summed E-state index contributed by atoms with van der Waals surface area (Å²) in [6, 6.07) is 23.2. The Bertz CT molecular complexity index is 1790. The maximum Gasteiger partial charge on any atom is 0.263 e. The molecule has 0 fully saturated rings. The Balaban J connectivity index is 1.61. The topological polar surface area (TPSA) is 105 Å². The molecule has 0 aliphatic rings. The van der Waals surface area contributed by atoms with Gasteiger partial charge in [0.1, 0.15) is 10.6 Å². The van der Waals surface area contributed by atoms with Crippen molar-refractivity contribution in [2.24, 2.45) is 0 Å². The van der Waals surface area contributed by atoms with Gasteiger partial charge in [-0.15, -0.1) is 0 Å². The van der Waals surface area contributed by atoms with E-state index >= 15 is 0 Å². The van der Waals surface area contributed by atoms with Gasteiger partial charge in [0.05, 0.1) is 21.8 Å². The van der Waals surface area contributed by atoms with Crippen molar-refractivity contribution in [3.63, 3.8) is 0 Å². The molecule has 1 heterocycles. The molecule has 4 aromatic carbocycles. The molecule has 1 aromatic heterocycles. The van der Waals surface area contributed by atoms with Gasteiger partial charge in [-0.3, -0.25) is 9.71 Å². The maximum atomic E-state index is 13.5. The predicted molar refractivity (Wildman–Crippen MR) is 152 cm³/mol. The van der Waals surface area contributed by atoms with Crippen molar-refractivity contribution in [3.8, 4) is 5.75 Å². The summed E-state index contributed by atoms with van der Waals surface area (Å²) < 4.78 is 29.7. The number of hydrogen-bond acceptors (Lipinski definition) is 6. The number of allylic oxidation sites excluding steroid dienone is 2. The van der Waals surface area contributed by atoms with Crippen molar-refractivity contribution in [2.75, 3.05) is 10.5 Å². The Morgan fingerprint density at radius 1 is 0.946 bits per heavy atom. The van der Waals surface area contributed by atoms with Crippen LogP contribution in [0.25, 0.3) is 27.8 Å². The standard InChI is InChI=1S/C29H23N3O3S2/c1-2-3-9-19-10-7-16-26(27(19)30)37(34,35)32-23-18-25(29(33)22-14-5-4-13-21(22)23)36-24-15-6-11-20-12-8-17-31-28(20)24/h2-18,32-33H,1,30H2/b9-3-. The highest BCUT2D eigenvalue weighted by molar-refractivity contribution is 7.99. The molecule has 4 N–H and O–H groups in total. The lowest BCUT2D eigenvalue weighted by atomic mass is 10.1. The summed E-state index contributed by atoms with van der Waals surface area (Å²) in [6.45, 7) is 3.64. The molecule has 5 aromatic rings. The summed E-state index contributed by atoms with van der Waals surface area (Å²) in [5.41, 5.74) is 8.05. The first-order valence-electron chi connectivity index (χ1n) is 11.4. The molecule has 5 rings (SSSR count). The molecule has 0 aliphatic heterocycles. The number of anilines is 2. The third-order valence-electron chi connectivity index (χ3n) is 5.84. The van der Waals surface area contributed by atoms with E-state index in [1.807, 2.05) is 30.3 Å². The minimum absolute atomic E-state index is 0.0386. The fourth-order valence-corrected chi connectivity index (χ4v) is 6.35. The molecule has 0 amide bonds. The summed E-state index contributed by atoms with van der Waals surface area (Å²) in [6.07, 6.45) is 6.69. The van der Waals surface area contributed by atoms with Crippen LogP contribution < -0.4 is 10.5 Å². The number of fused-ring (bicyclic) bond motifs is 2. The second kappa shape index (κ2) is 10.0. The minimum atomic E-state index is -4.06. The molecule has 0 bridgehead atoms. The van der Waals surface area contributed by atoms with Crippen LogP contribution in [0.4, 0.5) is 11.4 Å². The molecule has 0 spiro atoms. The Morgan fingerprint density at radius 3 is 2.51 bits per heavy atom. The first kappa shape index (κ1) is 24.4. The van der Waals surface area contributed by atoms with Crippen molar-refractivity contribution in [2.45, 2.75) is 14.7 Å². The number of sulfonamides is 1. The summed E-state index contributed by atoms with van der Waals surface area (Å²) >= 11 is 1.32. The van der Waals surface area contributed by atoms with E-state index in [-0.39, 0.29) is 16.3 Å². The molecule has 37 heavy (non-hydrogen) atoms. The van der Waals surface area contributed by atoms with Gasteiger partial charge in [0.2, 0.25) is 0 Å². The molecule has 0 unspecified atom stereocenters. The van der Waals surface area contributed by atoms with Gasteiger partial charge in [0.15, 0.2) is 0 Å². The van der Waals surface area contributed by atoms with E-state index in [4.69, 9.17) is 5.73 Å².